The molecule has 1 aromatic carbocycles. The Kier molecular flexibility index (Phi) is 5.83. The van der Waals surface area contributed by atoms with Crippen molar-refractivity contribution in [3.05, 3.63) is 29.6 Å². The maximum atomic E-state index is 13.5. The highest BCUT2D eigenvalue weighted by Crippen LogP contribution is 2.22. The highest BCUT2D eigenvalue weighted by atomic mass is 19.2. The average molecular weight is 314 g/mol. The Labute approximate surface area is 128 Å². The lowest BCUT2D eigenvalue weighted by Gasteiger charge is -2.26. The zero-order valence-electron chi connectivity index (χ0n) is 12.7. The molecule has 0 unspecified atom stereocenters. The molecule has 1 fully saturated rings. The lowest BCUT2D eigenvalue weighted by Crippen LogP contribution is -2.37. The molecule has 0 spiro atoms. The number of nitrogens with one attached hydrogen (secondary N) is 1. The van der Waals surface area contributed by atoms with Crippen LogP contribution in [-0.2, 0) is 4.79 Å². The van der Waals surface area contributed by atoms with Gasteiger partial charge in [-0.3, -0.25) is 9.69 Å². The van der Waals surface area contributed by atoms with E-state index in [2.05, 4.69) is 5.32 Å². The first kappa shape index (κ1) is 16.8. The van der Waals surface area contributed by atoms with E-state index in [9.17, 15) is 18.0 Å². The fraction of sp³-hybridized carbons (Fsp3) is 0.562. The SMILES string of the molecule is CN(CC(=O)Nc1ccc(F)c(F)c1F)C1CCCCCC1. The second kappa shape index (κ2) is 7.63. The van der Waals surface area contributed by atoms with E-state index in [1.807, 2.05) is 11.9 Å². The van der Waals surface area contributed by atoms with Gasteiger partial charge in [-0.05, 0) is 32.0 Å². The molecule has 0 atom stereocenters. The van der Waals surface area contributed by atoms with Gasteiger partial charge in [0.15, 0.2) is 17.5 Å². The number of carbonyl (C=O) groups excluding carboxylic acids is 1. The maximum Gasteiger partial charge on any atom is 0.238 e. The van der Waals surface area contributed by atoms with Crippen molar-refractivity contribution < 1.29 is 18.0 Å². The number of anilines is 1. The maximum absolute atomic E-state index is 13.5. The molecule has 1 N–H and O–H groups in total. The molecule has 0 bridgehead atoms. The number of benzene rings is 1. The van der Waals surface area contributed by atoms with Crippen LogP contribution in [0.2, 0.25) is 0 Å². The third-order valence-corrected chi connectivity index (χ3v) is 4.15. The topological polar surface area (TPSA) is 32.3 Å². The molecule has 22 heavy (non-hydrogen) atoms. The van der Waals surface area contributed by atoms with Crippen LogP contribution in [0.15, 0.2) is 12.1 Å². The third-order valence-electron chi connectivity index (χ3n) is 4.15. The smallest absolute Gasteiger partial charge is 0.238 e. The predicted octanol–water partition coefficient (Wildman–Crippen LogP) is 3.70. The first-order valence-electron chi connectivity index (χ1n) is 7.62. The predicted molar refractivity (Wildman–Crippen MR) is 79.1 cm³/mol. The number of halogens is 3. The van der Waals surface area contributed by atoms with Crippen LogP contribution in [0.1, 0.15) is 38.5 Å². The molecule has 0 heterocycles. The van der Waals surface area contributed by atoms with E-state index in [1.54, 1.807) is 0 Å². The van der Waals surface area contributed by atoms with Crippen LogP contribution in [0.5, 0.6) is 0 Å². The Morgan fingerprint density at radius 2 is 1.77 bits per heavy atom. The minimum Gasteiger partial charge on any atom is -0.322 e. The van der Waals surface area contributed by atoms with Gasteiger partial charge < -0.3 is 5.32 Å². The Bertz CT molecular complexity index is 528. The Balaban J connectivity index is 1.93. The standard InChI is InChI=1S/C16H21F3N2O/c1-21(11-6-4-2-3-5-7-11)10-14(22)20-13-9-8-12(17)15(18)16(13)19/h8-9,11H,2-7,10H2,1H3,(H,20,22). The molecular weight excluding hydrogens is 293 g/mol. The zero-order chi connectivity index (χ0) is 16.1. The van der Waals surface area contributed by atoms with Crippen LogP contribution in [0.4, 0.5) is 18.9 Å². The van der Waals surface area contributed by atoms with Crippen molar-refractivity contribution in [2.75, 3.05) is 18.9 Å². The molecule has 122 valence electrons. The summed E-state index contributed by atoms with van der Waals surface area (Å²) in [5.41, 5.74) is -0.335. The molecule has 0 radical (unpaired) electrons. The van der Waals surface area contributed by atoms with Gasteiger partial charge in [-0.15, -0.1) is 0 Å². The van der Waals surface area contributed by atoms with Crippen molar-refractivity contribution in [2.24, 2.45) is 0 Å². The second-order valence-electron chi connectivity index (χ2n) is 5.83. The van der Waals surface area contributed by atoms with E-state index in [4.69, 9.17) is 0 Å². The molecule has 0 aromatic heterocycles. The summed E-state index contributed by atoms with van der Waals surface area (Å²) in [7, 11) is 1.86. The highest BCUT2D eigenvalue weighted by Gasteiger charge is 2.20. The first-order chi connectivity index (χ1) is 10.5. The van der Waals surface area contributed by atoms with Crippen LogP contribution >= 0.6 is 0 Å². The monoisotopic (exact) mass is 314 g/mol. The van der Waals surface area contributed by atoms with Gasteiger partial charge in [-0.1, -0.05) is 25.7 Å². The fourth-order valence-corrected chi connectivity index (χ4v) is 2.87. The van der Waals surface area contributed by atoms with Crippen molar-refractivity contribution in [3.63, 3.8) is 0 Å². The molecule has 1 amide bonds. The lowest BCUT2D eigenvalue weighted by molar-refractivity contribution is -0.117. The number of likely N-dealkylation sites (N-methyl/N-ethyl adjacent to an activating group) is 1. The Morgan fingerprint density at radius 3 is 2.41 bits per heavy atom. The second-order valence-corrected chi connectivity index (χ2v) is 5.83. The van der Waals surface area contributed by atoms with Gasteiger partial charge in [-0.25, -0.2) is 13.2 Å². The Hall–Kier alpha value is -1.56. The van der Waals surface area contributed by atoms with Crippen LogP contribution in [0, 0.1) is 17.5 Å². The van der Waals surface area contributed by atoms with Crippen molar-refractivity contribution in [1.82, 2.24) is 4.90 Å². The van der Waals surface area contributed by atoms with Gasteiger partial charge in [0.2, 0.25) is 5.91 Å². The Morgan fingerprint density at radius 1 is 1.14 bits per heavy atom. The molecule has 1 aliphatic carbocycles. The minimum absolute atomic E-state index is 0.100. The number of amides is 1. The molecule has 0 saturated heterocycles. The number of rotatable bonds is 4. The largest absolute Gasteiger partial charge is 0.322 e. The van der Waals surface area contributed by atoms with Gasteiger partial charge in [0, 0.05) is 6.04 Å². The van der Waals surface area contributed by atoms with E-state index in [0.717, 1.165) is 37.8 Å². The van der Waals surface area contributed by atoms with Crippen LogP contribution < -0.4 is 5.32 Å². The third kappa shape index (κ3) is 4.22. The van der Waals surface area contributed by atoms with Crippen LogP contribution in [0.3, 0.4) is 0 Å². The summed E-state index contributed by atoms with van der Waals surface area (Å²) in [5.74, 6) is -4.65. The van der Waals surface area contributed by atoms with Crippen molar-refractivity contribution in [3.8, 4) is 0 Å². The molecule has 1 aromatic rings. The minimum atomic E-state index is -1.57. The van der Waals surface area contributed by atoms with Gasteiger partial charge in [0.05, 0.1) is 12.2 Å². The summed E-state index contributed by atoms with van der Waals surface area (Å²) >= 11 is 0. The van der Waals surface area contributed by atoms with Crippen LogP contribution in [-0.4, -0.2) is 30.4 Å². The van der Waals surface area contributed by atoms with Gasteiger partial charge in [0.1, 0.15) is 0 Å². The molecular formula is C16H21F3N2O. The van der Waals surface area contributed by atoms with Crippen molar-refractivity contribution in [2.45, 2.75) is 44.6 Å². The fourth-order valence-electron chi connectivity index (χ4n) is 2.87. The van der Waals surface area contributed by atoms with Gasteiger partial charge in [-0.2, -0.15) is 0 Å². The highest BCUT2D eigenvalue weighted by molar-refractivity contribution is 5.92. The molecule has 0 aliphatic heterocycles. The van der Waals surface area contributed by atoms with E-state index in [0.29, 0.717) is 6.04 Å². The number of nitrogens with zero attached hydrogens (tertiary/aromatic N) is 1. The summed E-state index contributed by atoms with van der Waals surface area (Å²) < 4.78 is 39.5. The quantitative estimate of drug-likeness (QED) is 0.679. The summed E-state index contributed by atoms with van der Waals surface area (Å²) in [6.45, 7) is 0.100. The molecule has 1 saturated carbocycles. The average Bonchev–Trinajstić information content (AvgIpc) is 2.77. The zero-order valence-corrected chi connectivity index (χ0v) is 12.7. The van der Waals surface area contributed by atoms with Gasteiger partial charge >= 0.3 is 0 Å². The molecule has 3 nitrogen and oxygen atoms in total. The summed E-state index contributed by atoms with van der Waals surface area (Å²) in [4.78, 5) is 13.9. The normalized spacial score (nSPS) is 16.6. The van der Waals surface area contributed by atoms with E-state index in [1.165, 1.54) is 12.8 Å². The van der Waals surface area contributed by atoms with Crippen LogP contribution in [0.25, 0.3) is 0 Å². The van der Waals surface area contributed by atoms with E-state index < -0.39 is 23.4 Å². The van der Waals surface area contributed by atoms with E-state index >= 15 is 0 Å². The number of carbonyl (C=O) groups is 1. The van der Waals surface area contributed by atoms with Crippen molar-refractivity contribution >= 4 is 11.6 Å². The van der Waals surface area contributed by atoms with Gasteiger partial charge in [0.25, 0.3) is 0 Å². The van der Waals surface area contributed by atoms with E-state index in [-0.39, 0.29) is 12.2 Å². The number of hydrogen-bond donors (Lipinski definition) is 1. The first-order valence-corrected chi connectivity index (χ1v) is 7.62. The van der Waals surface area contributed by atoms with Crippen molar-refractivity contribution in [1.29, 1.82) is 0 Å². The number of hydrogen-bond acceptors (Lipinski definition) is 2. The molecule has 6 heteroatoms. The summed E-state index contributed by atoms with van der Waals surface area (Å²) in [6, 6.07) is 2.16. The lowest BCUT2D eigenvalue weighted by atomic mass is 10.1. The molecule has 1 aliphatic rings. The molecule has 2 rings (SSSR count). The summed E-state index contributed by atoms with van der Waals surface area (Å²) in [5, 5.41) is 2.30. The summed E-state index contributed by atoms with van der Waals surface area (Å²) in [6.07, 6.45) is 6.82.